The van der Waals surface area contributed by atoms with Crippen LogP contribution < -0.4 is 16.4 Å². The standard InChI is InChI=1S/C24H32BrN3O3.C2HF3O2/c1-18(19-8-3-2-4-9-19)24(26,16-7-10-22(29)30)15-5-6-17-27-23(31)28-21-13-11-20(25)12-14-21;3-2(4,5)1(6)7/h2-4,8-9,11-14,18H,5-7,10,15-17,26H2,1H3,(H,29,30)(H2,27,28,31);(H,6,7)/t18-,24?;/m1./s1. The first kappa shape index (κ1) is 32.9. The second-order valence-corrected chi connectivity index (χ2v) is 9.68. The number of halogens is 4. The molecule has 2 atom stereocenters. The molecule has 0 fully saturated rings. The zero-order valence-electron chi connectivity index (χ0n) is 20.9. The van der Waals surface area contributed by atoms with Crippen LogP contribution in [0.25, 0.3) is 0 Å². The fourth-order valence-corrected chi connectivity index (χ4v) is 3.95. The first-order chi connectivity index (χ1) is 17.7. The number of carboxylic acids is 2. The van der Waals surface area contributed by atoms with Crippen LogP contribution in [0.4, 0.5) is 23.7 Å². The van der Waals surface area contributed by atoms with E-state index < -0.39 is 23.7 Å². The van der Waals surface area contributed by atoms with Crippen molar-refractivity contribution in [2.75, 3.05) is 11.9 Å². The molecule has 210 valence electrons. The molecular weight excluding hydrogens is 571 g/mol. The lowest BCUT2D eigenvalue weighted by Gasteiger charge is -2.36. The van der Waals surface area contributed by atoms with E-state index in [0.717, 1.165) is 35.0 Å². The number of hydrogen-bond acceptors (Lipinski definition) is 4. The maximum atomic E-state index is 12.0. The maximum absolute atomic E-state index is 12.0. The van der Waals surface area contributed by atoms with E-state index in [9.17, 15) is 22.8 Å². The summed E-state index contributed by atoms with van der Waals surface area (Å²) in [5.74, 6) is -3.45. The number of alkyl halides is 3. The summed E-state index contributed by atoms with van der Waals surface area (Å²) in [6.07, 6.45) is -1.35. The number of nitrogens with one attached hydrogen (secondary N) is 2. The van der Waals surface area contributed by atoms with Crippen LogP contribution in [0, 0.1) is 0 Å². The van der Waals surface area contributed by atoms with Crippen molar-refractivity contribution in [2.24, 2.45) is 5.73 Å². The number of nitrogens with two attached hydrogens (primary N) is 1. The largest absolute Gasteiger partial charge is 0.490 e. The zero-order valence-corrected chi connectivity index (χ0v) is 22.5. The van der Waals surface area contributed by atoms with E-state index in [4.69, 9.17) is 20.7 Å². The molecule has 0 saturated heterocycles. The highest BCUT2D eigenvalue weighted by Crippen LogP contribution is 2.34. The van der Waals surface area contributed by atoms with Crippen LogP contribution >= 0.6 is 15.9 Å². The number of aliphatic carboxylic acids is 2. The van der Waals surface area contributed by atoms with Gasteiger partial charge >= 0.3 is 24.1 Å². The van der Waals surface area contributed by atoms with Crippen molar-refractivity contribution in [3.8, 4) is 0 Å². The Morgan fingerprint density at radius 1 is 0.947 bits per heavy atom. The van der Waals surface area contributed by atoms with Gasteiger partial charge in [-0.1, -0.05) is 53.2 Å². The van der Waals surface area contributed by atoms with E-state index in [0.29, 0.717) is 19.4 Å². The molecule has 0 radical (unpaired) electrons. The lowest BCUT2D eigenvalue weighted by molar-refractivity contribution is -0.192. The monoisotopic (exact) mass is 603 g/mol. The minimum absolute atomic E-state index is 0.108. The smallest absolute Gasteiger partial charge is 0.481 e. The summed E-state index contributed by atoms with van der Waals surface area (Å²) in [5.41, 5.74) is 8.22. The number of carbonyl (C=O) groups is 3. The molecule has 0 heterocycles. The SMILES string of the molecule is C[C@H](c1ccccc1)C(N)(CCCCNC(=O)Nc1ccc(Br)cc1)CCCC(=O)O.O=C(O)C(F)(F)F. The van der Waals surface area contributed by atoms with Gasteiger partial charge in [0, 0.05) is 28.7 Å². The lowest BCUT2D eigenvalue weighted by atomic mass is 9.74. The number of anilines is 1. The van der Waals surface area contributed by atoms with Gasteiger partial charge in [-0.3, -0.25) is 4.79 Å². The molecule has 38 heavy (non-hydrogen) atoms. The minimum Gasteiger partial charge on any atom is -0.481 e. The fourth-order valence-electron chi connectivity index (χ4n) is 3.69. The topological polar surface area (TPSA) is 142 Å². The van der Waals surface area contributed by atoms with Gasteiger partial charge in [0.05, 0.1) is 0 Å². The third kappa shape index (κ3) is 12.9. The second-order valence-electron chi connectivity index (χ2n) is 8.76. The highest BCUT2D eigenvalue weighted by atomic mass is 79.9. The molecule has 0 saturated carbocycles. The normalized spacial score (nSPS) is 13.3. The first-order valence-corrected chi connectivity index (χ1v) is 12.7. The average Bonchev–Trinajstić information content (AvgIpc) is 2.85. The number of rotatable bonds is 12. The highest BCUT2D eigenvalue weighted by molar-refractivity contribution is 9.10. The Bertz CT molecular complexity index is 1020. The van der Waals surface area contributed by atoms with Crippen LogP contribution in [0.1, 0.15) is 56.9 Å². The average molecular weight is 604 g/mol. The molecule has 6 N–H and O–H groups in total. The number of unbranched alkanes of at least 4 members (excludes halogenated alkanes) is 1. The molecule has 0 aliphatic heterocycles. The van der Waals surface area contributed by atoms with E-state index in [1.54, 1.807) is 0 Å². The van der Waals surface area contributed by atoms with Crippen molar-refractivity contribution < 1.29 is 37.8 Å². The molecule has 2 rings (SSSR count). The van der Waals surface area contributed by atoms with Gasteiger partial charge in [-0.2, -0.15) is 13.2 Å². The van der Waals surface area contributed by atoms with E-state index >= 15 is 0 Å². The van der Waals surface area contributed by atoms with Gasteiger partial charge in [0.1, 0.15) is 0 Å². The summed E-state index contributed by atoms with van der Waals surface area (Å²) >= 11 is 3.37. The van der Waals surface area contributed by atoms with E-state index in [1.165, 1.54) is 0 Å². The lowest BCUT2D eigenvalue weighted by Crippen LogP contribution is -2.45. The summed E-state index contributed by atoms with van der Waals surface area (Å²) in [6, 6.07) is 17.3. The molecule has 0 aliphatic rings. The second kappa shape index (κ2) is 16.0. The van der Waals surface area contributed by atoms with Crippen molar-refractivity contribution >= 4 is 39.6 Å². The van der Waals surface area contributed by atoms with Crippen LogP contribution in [0.5, 0.6) is 0 Å². The Morgan fingerprint density at radius 3 is 2.03 bits per heavy atom. The van der Waals surface area contributed by atoms with E-state index in [2.05, 4.69) is 45.6 Å². The van der Waals surface area contributed by atoms with Gasteiger partial charge < -0.3 is 26.6 Å². The van der Waals surface area contributed by atoms with Gasteiger partial charge in [-0.25, -0.2) is 9.59 Å². The van der Waals surface area contributed by atoms with Gasteiger partial charge in [0.25, 0.3) is 0 Å². The number of carboxylic acid groups (broad SMARTS) is 2. The third-order valence-corrected chi connectivity index (χ3v) is 6.42. The molecular formula is C26H33BrF3N3O5. The highest BCUT2D eigenvalue weighted by Gasteiger charge is 2.38. The number of amides is 2. The molecule has 1 unspecified atom stereocenters. The Kier molecular flexibility index (Phi) is 13.8. The van der Waals surface area contributed by atoms with Gasteiger partial charge in [-0.15, -0.1) is 0 Å². The Hall–Kier alpha value is -3.12. The van der Waals surface area contributed by atoms with Gasteiger partial charge in [-0.05, 0) is 67.9 Å². The molecule has 8 nitrogen and oxygen atoms in total. The number of urea groups is 1. The zero-order chi connectivity index (χ0) is 28.8. The van der Waals surface area contributed by atoms with Crippen LogP contribution in [0.15, 0.2) is 59.1 Å². The number of hydrogen-bond donors (Lipinski definition) is 5. The predicted molar refractivity (Wildman–Crippen MR) is 142 cm³/mol. The predicted octanol–water partition coefficient (Wildman–Crippen LogP) is 6.13. The van der Waals surface area contributed by atoms with Crippen LogP contribution in [-0.4, -0.2) is 46.4 Å². The summed E-state index contributed by atoms with van der Waals surface area (Å²) in [5, 5.41) is 21.8. The molecule has 0 spiro atoms. The number of carbonyl (C=O) groups excluding carboxylic acids is 1. The fraction of sp³-hybridized carbons (Fsp3) is 0.423. The van der Waals surface area contributed by atoms with Gasteiger partial charge in [0.15, 0.2) is 0 Å². The maximum Gasteiger partial charge on any atom is 0.490 e. The van der Waals surface area contributed by atoms with Crippen molar-refractivity contribution in [1.82, 2.24) is 5.32 Å². The van der Waals surface area contributed by atoms with Crippen LogP contribution in [-0.2, 0) is 9.59 Å². The third-order valence-electron chi connectivity index (χ3n) is 5.89. The molecule has 12 heteroatoms. The summed E-state index contributed by atoms with van der Waals surface area (Å²) in [7, 11) is 0. The number of benzene rings is 2. The Balaban J connectivity index is 0.000000905. The summed E-state index contributed by atoms with van der Waals surface area (Å²) in [6.45, 7) is 2.66. The summed E-state index contributed by atoms with van der Waals surface area (Å²) in [4.78, 5) is 31.9. The van der Waals surface area contributed by atoms with Crippen molar-refractivity contribution in [2.45, 2.75) is 63.1 Å². The van der Waals surface area contributed by atoms with E-state index in [1.807, 2.05) is 42.5 Å². The van der Waals surface area contributed by atoms with Crippen molar-refractivity contribution in [3.05, 3.63) is 64.6 Å². The summed E-state index contributed by atoms with van der Waals surface area (Å²) < 4.78 is 32.7. The minimum atomic E-state index is -5.08. The molecule has 2 aromatic rings. The van der Waals surface area contributed by atoms with Crippen LogP contribution in [0.3, 0.4) is 0 Å². The molecule has 2 aromatic carbocycles. The molecule has 0 bridgehead atoms. The van der Waals surface area contributed by atoms with Crippen molar-refractivity contribution in [1.29, 1.82) is 0 Å². The van der Waals surface area contributed by atoms with Crippen molar-refractivity contribution in [3.63, 3.8) is 0 Å². The molecule has 0 aliphatic carbocycles. The Morgan fingerprint density at radius 2 is 1.50 bits per heavy atom. The molecule has 2 amide bonds. The van der Waals surface area contributed by atoms with Crippen LogP contribution in [0.2, 0.25) is 0 Å². The van der Waals surface area contributed by atoms with E-state index in [-0.39, 0.29) is 18.4 Å². The van der Waals surface area contributed by atoms with Gasteiger partial charge in [0.2, 0.25) is 0 Å². The Labute approximate surface area is 227 Å². The first-order valence-electron chi connectivity index (χ1n) is 11.9. The molecule has 0 aromatic heterocycles. The quantitative estimate of drug-likeness (QED) is 0.185.